The van der Waals surface area contributed by atoms with E-state index in [-0.39, 0.29) is 11.2 Å². The fourth-order valence-electron chi connectivity index (χ4n) is 2.81. The van der Waals surface area contributed by atoms with Gasteiger partial charge in [0, 0.05) is 5.56 Å². The summed E-state index contributed by atoms with van der Waals surface area (Å²) in [5, 5.41) is 8.91. The number of carboxylic acid groups (broad SMARTS) is 1. The predicted molar refractivity (Wildman–Crippen MR) is 88.7 cm³/mol. The normalized spacial score (nSPS) is 16.6. The molecular formula is C18H20N2O3. The minimum atomic E-state index is -1.06. The van der Waals surface area contributed by atoms with Crippen LogP contribution in [0.4, 0.5) is 0 Å². The monoisotopic (exact) mass is 312 g/mol. The molecule has 1 aliphatic rings. The largest absolute Gasteiger partial charge is 0.493 e. The van der Waals surface area contributed by atoms with Gasteiger partial charge < -0.3 is 14.8 Å². The Morgan fingerprint density at radius 3 is 2.91 bits per heavy atom. The quantitative estimate of drug-likeness (QED) is 0.905. The molecule has 23 heavy (non-hydrogen) atoms. The summed E-state index contributed by atoms with van der Waals surface area (Å²) in [5.74, 6) is -0.161. The van der Waals surface area contributed by atoms with E-state index < -0.39 is 5.97 Å². The molecule has 2 heterocycles. The van der Waals surface area contributed by atoms with Gasteiger partial charge in [-0.3, -0.25) is 0 Å². The number of aromatic nitrogens is 2. The summed E-state index contributed by atoms with van der Waals surface area (Å²) in [6.07, 6.45) is 4.42. The molecule has 0 saturated carbocycles. The van der Waals surface area contributed by atoms with Crippen molar-refractivity contribution in [3.8, 4) is 5.75 Å². The number of aromatic amines is 1. The highest BCUT2D eigenvalue weighted by molar-refractivity contribution is 5.85. The van der Waals surface area contributed by atoms with Gasteiger partial charge in [0.2, 0.25) is 5.82 Å². The summed E-state index contributed by atoms with van der Waals surface area (Å²) in [5.41, 5.74) is 4.11. The van der Waals surface area contributed by atoms with E-state index in [1.54, 1.807) is 0 Å². The number of ether oxygens (including phenoxy) is 1. The number of rotatable bonds is 3. The van der Waals surface area contributed by atoms with Gasteiger partial charge in [0.25, 0.3) is 0 Å². The Balaban J connectivity index is 1.94. The van der Waals surface area contributed by atoms with Gasteiger partial charge in [0.05, 0.1) is 18.5 Å². The lowest BCUT2D eigenvalue weighted by Crippen LogP contribution is -2.26. The lowest BCUT2D eigenvalue weighted by atomic mass is 9.79. The van der Waals surface area contributed by atoms with Crippen LogP contribution in [0.25, 0.3) is 11.6 Å². The maximum absolute atomic E-state index is 10.9. The van der Waals surface area contributed by atoms with Crippen LogP contribution in [0.5, 0.6) is 5.75 Å². The highest BCUT2D eigenvalue weighted by atomic mass is 16.5. The molecule has 0 aliphatic carbocycles. The van der Waals surface area contributed by atoms with E-state index in [0.29, 0.717) is 5.69 Å². The number of imidazole rings is 1. The molecule has 2 aromatic rings. The van der Waals surface area contributed by atoms with Crippen LogP contribution in [0.1, 0.15) is 54.6 Å². The highest BCUT2D eigenvalue weighted by Gasteiger charge is 2.28. The van der Waals surface area contributed by atoms with Gasteiger partial charge in [0.15, 0.2) is 0 Å². The zero-order chi connectivity index (χ0) is 16.6. The summed E-state index contributed by atoms with van der Waals surface area (Å²) in [4.78, 5) is 17.5. The van der Waals surface area contributed by atoms with Crippen molar-refractivity contribution >= 4 is 17.6 Å². The Hall–Kier alpha value is -2.56. The van der Waals surface area contributed by atoms with E-state index >= 15 is 0 Å². The van der Waals surface area contributed by atoms with Crippen molar-refractivity contribution in [3.05, 3.63) is 47.0 Å². The van der Waals surface area contributed by atoms with Crippen molar-refractivity contribution in [2.75, 3.05) is 6.61 Å². The Morgan fingerprint density at radius 1 is 1.43 bits per heavy atom. The molecule has 0 spiro atoms. The average Bonchev–Trinajstić information content (AvgIpc) is 2.95. The summed E-state index contributed by atoms with van der Waals surface area (Å²) in [6.45, 7) is 7.20. The van der Waals surface area contributed by atoms with Gasteiger partial charge >= 0.3 is 5.97 Å². The number of allylic oxidation sites excluding steroid dienone is 1. The van der Waals surface area contributed by atoms with Gasteiger partial charge in [-0.15, -0.1) is 0 Å². The molecule has 0 amide bonds. The zero-order valence-electron chi connectivity index (χ0n) is 13.5. The van der Waals surface area contributed by atoms with Gasteiger partial charge in [-0.2, -0.15) is 0 Å². The Morgan fingerprint density at radius 2 is 2.22 bits per heavy atom. The van der Waals surface area contributed by atoms with Gasteiger partial charge in [-0.25, -0.2) is 9.78 Å². The van der Waals surface area contributed by atoms with Crippen molar-refractivity contribution in [1.29, 1.82) is 0 Å². The first kappa shape index (κ1) is 15.3. The summed E-state index contributed by atoms with van der Waals surface area (Å²) in [7, 11) is 0. The maximum atomic E-state index is 10.9. The number of hydrogen-bond acceptors (Lipinski definition) is 3. The number of nitrogens with zero attached hydrogens (tertiary/aromatic N) is 1. The number of nitrogens with one attached hydrogen (secondary N) is 1. The summed E-state index contributed by atoms with van der Waals surface area (Å²) >= 11 is 0. The standard InChI is InChI=1S/C18H20N2O3/c1-11(8-13-10-19-16(20-13)17(21)22)12-4-5-15-14(9-12)18(2,3)6-7-23-15/h4-5,8-10H,6-7H2,1-3H3,(H,19,20)(H,21,22). The van der Waals surface area contributed by atoms with E-state index in [9.17, 15) is 4.79 Å². The lowest BCUT2D eigenvalue weighted by molar-refractivity contribution is 0.0684. The van der Waals surface area contributed by atoms with Crippen LogP contribution in [0, 0.1) is 0 Å². The van der Waals surface area contributed by atoms with Crippen LogP contribution in [-0.4, -0.2) is 27.7 Å². The number of hydrogen-bond donors (Lipinski definition) is 2. The Labute approximate surface area is 135 Å². The number of benzene rings is 1. The molecule has 5 heteroatoms. The van der Waals surface area contributed by atoms with Crippen LogP contribution in [0.3, 0.4) is 0 Å². The highest BCUT2D eigenvalue weighted by Crippen LogP contribution is 2.39. The molecule has 1 aliphatic heterocycles. The Kier molecular flexibility index (Phi) is 3.72. The molecule has 0 radical (unpaired) electrons. The number of H-pyrrole nitrogens is 1. The van der Waals surface area contributed by atoms with Crippen LogP contribution >= 0.6 is 0 Å². The van der Waals surface area contributed by atoms with Crippen LogP contribution in [-0.2, 0) is 5.41 Å². The first-order valence-corrected chi connectivity index (χ1v) is 7.61. The van der Waals surface area contributed by atoms with E-state index in [1.165, 1.54) is 11.8 Å². The van der Waals surface area contributed by atoms with E-state index in [2.05, 4.69) is 29.9 Å². The smallest absolute Gasteiger partial charge is 0.371 e. The molecule has 1 aromatic heterocycles. The molecule has 0 unspecified atom stereocenters. The molecular weight excluding hydrogens is 292 g/mol. The number of aromatic carboxylic acids is 1. The number of fused-ring (bicyclic) bond motifs is 1. The van der Waals surface area contributed by atoms with E-state index in [4.69, 9.17) is 9.84 Å². The predicted octanol–water partition coefficient (Wildman–Crippen LogP) is 3.73. The Bertz CT molecular complexity index is 787. The molecule has 1 aromatic carbocycles. The third-order valence-electron chi connectivity index (χ3n) is 4.32. The third kappa shape index (κ3) is 2.99. The molecule has 3 rings (SSSR count). The third-order valence-corrected chi connectivity index (χ3v) is 4.32. The molecule has 0 fully saturated rings. The molecule has 0 bridgehead atoms. The summed E-state index contributed by atoms with van der Waals surface area (Å²) in [6, 6.07) is 6.20. The number of carboxylic acids is 1. The van der Waals surface area contributed by atoms with Crippen molar-refractivity contribution < 1.29 is 14.6 Å². The van der Waals surface area contributed by atoms with E-state index in [1.807, 2.05) is 25.1 Å². The van der Waals surface area contributed by atoms with Gasteiger partial charge in [0.1, 0.15) is 5.75 Å². The fraction of sp³-hybridized carbons (Fsp3) is 0.333. The molecule has 120 valence electrons. The SMILES string of the molecule is CC(=Cc1cnc(C(=O)O)[nH]1)c1ccc2c(c1)C(C)(C)CCO2. The first-order valence-electron chi connectivity index (χ1n) is 7.61. The van der Waals surface area contributed by atoms with E-state index in [0.717, 1.165) is 29.9 Å². The summed E-state index contributed by atoms with van der Waals surface area (Å²) < 4.78 is 5.74. The van der Waals surface area contributed by atoms with Gasteiger partial charge in [-0.1, -0.05) is 19.9 Å². The van der Waals surface area contributed by atoms with Crippen LogP contribution in [0.15, 0.2) is 24.4 Å². The topological polar surface area (TPSA) is 75.2 Å². The molecule has 0 saturated heterocycles. The van der Waals surface area contributed by atoms with Gasteiger partial charge in [-0.05, 0) is 48.1 Å². The van der Waals surface area contributed by atoms with Crippen molar-refractivity contribution in [3.63, 3.8) is 0 Å². The first-order chi connectivity index (χ1) is 10.9. The van der Waals surface area contributed by atoms with Crippen LogP contribution < -0.4 is 4.74 Å². The zero-order valence-corrected chi connectivity index (χ0v) is 13.5. The minimum absolute atomic E-state index is 0.0518. The maximum Gasteiger partial charge on any atom is 0.371 e. The second-order valence-corrected chi connectivity index (χ2v) is 6.51. The molecule has 0 atom stereocenters. The fourth-order valence-corrected chi connectivity index (χ4v) is 2.81. The average molecular weight is 312 g/mol. The lowest BCUT2D eigenvalue weighted by Gasteiger charge is -2.32. The van der Waals surface area contributed by atoms with Crippen molar-refractivity contribution in [2.45, 2.75) is 32.6 Å². The molecule has 5 nitrogen and oxygen atoms in total. The van der Waals surface area contributed by atoms with Crippen LogP contribution in [0.2, 0.25) is 0 Å². The minimum Gasteiger partial charge on any atom is -0.493 e. The second kappa shape index (κ2) is 5.57. The number of carbonyl (C=O) groups is 1. The van der Waals surface area contributed by atoms with Crippen molar-refractivity contribution in [2.24, 2.45) is 0 Å². The second-order valence-electron chi connectivity index (χ2n) is 6.51. The molecule has 2 N–H and O–H groups in total. The van der Waals surface area contributed by atoms with Crippen molar-refractivity contribution in [1.82, 2.24) is 9.97 Å².